The maximum atomic E-state index is 10.5. The summed E-state index contributed by atoms with van der Waals surface area (Å²) in [4.78, 5) is 0. The number of fused-ring (bicyclic) bond motifs is 1. The van der Waals surface area contributed by atoms with Gasteiger partial charge in [0.25, 0.3) is 0 Å². The lowest BCUT2D eigenvalue weighted by Gasteiger charge is -2.44. The lowest BCUT2D eigenvalue weighted by Crippen LogP contribution is -2.37. The first-order valence-electron chi connectivity index (χ1n) is 13.2. The quantitative estimate of drug-likeness (QED) is 0.376. The molecule has 3 aliphatic rings. The van der Waals surface area contributed by atoms with E-state index in [1.54, 1.807) is 13.0 Å². The molecule has 4 heteroatoms. The Morgan fingerprint density at radius 3 is 2.59 bits per heavy atom. The van der Waals surface area contributed by atoms with Gasteiger partial charge >= 0.3 is 0 Å². The van der Waals surface area contributed by atoms with E-state index in [1.165, 1.54) is 31.3 Å². The highest BCUT2D eigenvalue weighted by Crippen LogP contribution is 2.59. The predicted molar refractivity (Wildman–Crippen MR) is 139 cm³/mol. The molecule has 0 aromatic rings. The molecule has 3 fully saturated rings. The van der Waals surface area contributed by atoms with E-state index in [1.807, 2.05) is 19.1 Å². The average Bonchev–Trinajstić information content (AvgIpc) is 3.15. The Morgan fingerprint density at radius 1 is 1.18 bits per heavy atom. The van der Waals surface area contributed by atoms with Crippen molar-refractivity contribution in [1.82, 2.24) is 0 Å². The highest BCUT2D eigenvalue weighted by molar-refractivity contribution is 5.38. The van der Waals surface area contributed by atoms with E-state index in [4.69, 9.17) is 0 Å². The van der Waals surface area contributed by atoms with Gasteiger partial charge in [-0.2, -0.15) is 0 Å². The van der Waals surface area contributed by atoms with Gasteiger partial charge in [0.05, 0.1) is 18.3 Å². The Morgan fingerprint density at radius 2 is 1.91 bits per heavy atom. The van der Waals surface area contributed by atoms with Crippen LogP contribution in [0, 0.1) is 23.2 Å². The first-order chi connectivity index (χ1) is 16.0. The van der Waals surface area contributed by atoms with Crippen molar-refractivity contribution in [2.45, 2.75) is 103 Å². The van der Waals surface area contributed by atoms with Crippen molar-refractivity contribution < 1.29 is 20.4 Å². The molecule has 0 unspecified atom stereocenters. The fourth-order valence-corrected chi connectivity index (χ4v) is 6.76. The summed E-state index contributed by atoms with van der Waals surface area (Å²) in [6.07, 6.45) is 17.7. The molecule has 0 aromatic heterocycles. The highest BCUT2D eigenvalue weighted by atomic mass is 16.3. The normalized spacial score (nSPS) is 38.5. The molecule has 0 bridgehead atoms. The summed E-state index contributed by atoms with van der Waals surface area (Å²) in [6.45, 7) is 12.3. The van der Waals surface area contributed by atoms with Crippen molar-refractivity contribution in [3.8, 4) is 0 Å². The SMILES string of the molecule is C=C1/C(=C\C=C2/CCC[C@]3(C)[C@@H]([C@H](C)/C=C/C=C/[C@](O)(CC)[C@@H](C)O)CC[C@@H]23)C[C@@H](O)C[C@@H]1O. The third kappa shape index (κ3) is 5.67. The van der Waals surface area contributed by atoms with Crippen LogP contribution < -0.4 is 0 Å². The second kappa shape index (κ2) is 11.1. The summed E-state index contributed by atoms with van der Waals surface area (Å²) in [5, 5.41) is 40.5. The molecule has 0 aromatic carbocycles. The Kier molecular flexibility index (Phi) is 8.84. The van der Waals surface area contributed by atoms with Crippen LogP contribution in [0.25, 0.3) is 0 Å². The van der Waals surface area contributed by atoms with Crippen LogP contribution in [0.15, 0.2) is 59.8 Å². The Balaban J connectivity index is 1.72. The first-order valence-corrected chi connectivity index (χ1v) is 13.2. The molecule has 0 amide bonds. The molecular formula is C30H46O4. The highest BCUT2D eigenvalue weighted by Gasteiger charge is 2.50. The van der Waals surface area contributed by atoms with E-state index in [-0.39, 0.29) is 5.41 Å². The van der Waals surface area contributed by atoms with Crippen molar-refractivity contribution >= 4 is 0 Å². The van der Waals surface area contributed by atoms with Crippen molar-refractivity contribution in [3.63, 3.8) is 0 Å². The molecular weight excluding hydrogens is 424 g/mol. The van der Waals surface area contributed by atoms with Gasteiger partial charge in [0.15, 0.2) is 0 Å². The second-order valence-electron chi connectivity index (χ2n) is 11.3. The van der Waals surface area contributed by atoms with E-state index in [9.17, 15) is 20.4 Å². The molecule has 3 aliphatic carbocycles. The second-order valence-corrected chi connectivity index (χ2v) is 11.3. The third-order valence-corrected chi connectivity index (χ3v) is 9.14. The largest absolute Gasteiger partial charge is 0.393 e. The Labute approximate surface area is 206 Å². The van der Waals surface area contributed by atoms with Gasteiger partial charge in [0.2, 0.25) is 0 Å². The number of hydrogen-bond acceptors (Lipinski definition) is 4. The minimum absolute atomic E-state index is 0.266. The van der Waals surface area contributed by atoms with Crippen LogP contribution in [0.4, 0.5) is 0 Å². The van der Waals surface area contributed by atoms with E-state index in [2.05, 4.69) is 38.7 Å². The molecule has 0 radical (unpaired) electrons. The van der Waals surface area contributed by atoms with Gasteiger partial charge in [0, 0.05) is 6.42 Å². The number of hydrogen-bond donors (Lipinski definition) is 4. The maximum absolute atomic E-state index is 10.5. The molecule has 3 rings (SSSR count). The molecule has 3 saturated carbocycles. The third-order valence-electron chi connectivity index (χ3n) is 9.14. The smallest absolute Gasteiger partial charge is 0.108 e. The van der Waals surface area contributed by atoms with Crippen LogP contribution in [-0.2, 0) is 0 Å². The minimum atomic E-state index is -1.18. The van der Waals surface area contributed by atoms with Gasteiger partial charge in [-0.05, 0) is 86.2 Å². The topological polar surface area (TPSA) is 80.9 Å². The van der Waals surface area contributed by atoms with Gasteiger partial charge in [0.1, 0.15) is 5.60 Å². The molecule has 0 aliphatic heterocycles. The molecule has 4 nitrogen and oxygen atoms in total. The fourth-order valence-electron chi connectivity index (χ4n) is 6.76. The predicted octanol–water partition coefficient (Wildman–Crippen LogP) is 5.40. The van der Waals surface area contributed by atoms with Crippen LogP contribution >= 0.6 is 0 Å². The number of aliphatic hydroxyl groups excluding tert-OH is 3. The number of aliphatic hydroxyl groups is 4. The van der Waals surface area contributed by atoms with Gasteiger partial charge in [-0.15, -0.1) is 0 Å². The molecule has 34 heavy (non-hydrogen) atoms. The zero-order valence-corrected chi connectivity index (χ0v) is 21.6. The zero-order valence-electron chi connectivity index (χ0n) is 21.6. The average molecular weight is 471 g/mol. The molecule has 0 saturated heterocycles. The van der Waals surface area contributed by atoms with Gasteiger partial charge in [-0.25, -0.2) is 0 Å². The van der Waals surface area contributed by atoms with Crippen LogP contribution in [0.1, 0.15) is 79.1 Å². The fraction of sp³-hybridized carbons (Fsp3) is 0.667. The van der Waals surface area contributed by atoms with Gasteiger partial charge < -0.3 is 20.4 Å². The summed E-state index contributed by atoms with van der Waals surface area (Å²) in [5.74, 6) is 1.61. The van der Waals surface area contributed by atoms with Crippen LogP contribution in [0.3, 0.4) is 0 Å². The summed E-state index contributed by atoms with van der Waals surface area (Å²) in [6, 6.07) is 0. The summed E-state index contributed by atoms with van der Waals surface area (Å²) in [5.41, 5.74) is 2.33. The standard InChI is InChI=1S/C30H46O4/c1-6-30(34,22(4)31)17-8-7-10-20(2)26-14-15-27-23(11-9-16-29(26,27)5)12-13-24-18-25(32)19-28(33)21(24)3/h7-8,10,12-13,17,20,22,25-28,31-34H,3,6,9,11,14-16,18-19H2,1-2,4-5H3/b10-7+,17-8+,23-12+,24-13-/t20-,22-,25-,26-,27+,28+,29-,30-/m1/s1. The lowest BCUT2D eigenvalue weighted by molar-refractivity contribution is -0.0314. The Bertz CT molecular complexity index is 850. The van der Waals surface area contributed by atoms with E-state index >= 15 is 0 Å². The minimum Gasteiger partial charge on any atom is -0.393 e. The van der Waals surface area contributed by atoms with Gasteiger partial charge in [-0.1, -0.05) is 69.4 Å². The monoisotopic (exact) mass is 470 g/mol. The summed E-state index contributed by atoms with van der Waals surface area (Å²) < 4.78 is 0. The first kappa shape index (κ1) is 27.1. The Hall–Kier alpha value is -1.46. The lowest BCUT2D eigenvalue weighted by atomic mass is 9.61. The van der Waals surface area contributed by atoms with Crippen molar-refractivity contribution in [3.05, 3.63) is 59.8 Å². The van der Waals surface area contributed by atoms with Crippen molar-refractivity contribution in [1.29, 1.82) is 0 Å². The maximum Gasteiger partial charge on any atom is 0.108 e. The van der Waals surface area contributed by atoms with Crippen LogP contribution in [0.5, 0.6) is 0 Å². The number of rotatable bonds is 7. The summed E-state index contributed by atoms with van der Waals surface area (Å²) in [7, 11) is 0. The van der Waals surface area contributed by atoms with Crippen molar-refractivity contribution in [2.24, 2.45) is 23.2 Å². The summed E-state index contributed by atoms with van der Waals surface area (Å²) >= 11 is 0. The molecule has 0 spiro atoms. The molecule has 8 atom stereocenters. The van der Waals surface area contributed by atoms with Crippen LogP contribution in [0.2, 0.25) is 0 Å². The van der Waals surface area contributed by atoms with E-state index < -0.39 is 23.9 Å². The number of allylic oxidation sites excluding steroid dienone is 6. The van der Waals surface area contributed by atoms with Crippen LogP contribution in [-0.4, -0.2) is 44.3 Å². The van der Waals surface area contributed by atoms with E-state index in [0.29, 0.717) is 37.0 Å². The zero-order chi connectivity index (χ0) is 25.1. The molecule has 0 heterocycles. The molecule has 190 valence electrons. The molecule has 4 N–H and O–H groups in total. The van der Waals surface area contributed by atoms with Gasteiger partial charge in [-0.3, -0.25) is 0 Å². The van der Waals surface area contributed by atoms with Crippen molar-refractivity contribution in [2.75, 3.05) is 0 Å². The van der Waals surface area contributed by atoms with E-state index in [0.717, 1.165) is 17.6 Å².